The Morgan fingerprint density at radius 3 is 2.46 bits per heavy atom. The Bertz CT molecular complexity index is 1110. The van der Waals surface area contributed by atoms with Crippen LogP contribution in [0.3, 0.4) is 0 Å². The normalized spacial score (nSPS) is 11.2. The SMILES string of the molecule is CC(=O)CCn1c(=O)c2c(CBr)c(-c3ccc(Cl)cc3)sc2n(C)c1=O. The van der Waals surface area contributed by atoms with Crippen LogP contribution < -0.4 is 11.2 Å². The zero-order valence-electron chi connectivity index (χ0n) is 14.2. The van der Waals surface area contributed by atoms with E-state index in [0.29, 0.717) is 20.6 Å². The van der Waals surface area contributed by atoms with Gasteiger partial charge < -0.3 is 0 Å². The van der Waals surface area contributed by atoms with E-state index in [4.69, 9.17) is 11.6 Å². The standard InChI is InChI=1S/C18H16BrClN2O3S/c1-10(23)7-8-22-16(24)14-13(9-19)15(11-3-5-12(20)6-4-11)26-17(14)21(2)18(22)25/h3-6H,7-9H2,1-2H3. The molecule has 0 aliphatic heterocycles. The summed E-state index contributed by atoms with van der Waals surface area (Å²) in [5, 5.41) is 1.63. The highest BCUT2D eigenvalue weighted by atomic mass is 79.9. The van der Waals surface area contributed by atoms with Crippen LogP contribution in [-0.4, -0.2) is 14.9 Å². The molecule has 0 aliphatic rings. The number of carbonyl (C=O) groups excluding carboxylic acids is 1. The number of aryl methyl sites for hydroxylation is 1. The largest absolute Gasteiger partial charge is 0.331 e. The maximum atomic E-state index is 13.0. The van der Waals surface area contributed by atoms with Gasteiger partial charge in [-0.15, -0.1) is 11.3 Å². The summed E-state index contributed by atoms with van der Waals surface area (Å²) in [6.45, 7) is 1.53. The molecule has 3 aromatic rings. The number of ketones is 1. The number of Topliss-reactive ketones (excluding diaryl/α,β-unsaturated/α-hetero) is 1. The molecule has 1 aromatic carbocycles. The number of carbonyl (C=O) groups is 1. The number of thiophene rings is 1. The van der Waals surface area contributed by atoms with Crippen LogP contribution >= 0.6 is 38.9 Å². The molecule has 0 unspecified atom stereocenters. The lowest BCUT2D eigenvalue weighted by Gasteiger charge is -2.08. The molecule has 0 spiro atoms. The fourth-order valence-electron chi connectivity index (χ4n) is 2.83. The molecule has 0 saturated heterocycles. The van der Waals surface area contributed by atoms with Crippen LogP contribution in [0, 0.1) is 0 Å². The van der Waals surface area contributed by atoms with Crippen LogP contribution in [0.25, 0.3) is 20.7 Å². The van der Waals surface area contributed by atoms with Gasteiger partial charge in [0.25, 0.3) is 5.56 Å². The average molecular weight is 456 g/mol. The summed E-state index contributed by atoms with van der Waals surface area (Å²) in [6.07, 6.45) is 0.151. The summed E-state index contributed by atoms with van der Waals surface area (Å²) in [7, 11) is 1.65. The molecule has 136 valence electrons. The zero-order valence-corrected chi connectivity index (χ0v) is 17.4. The van der Waals surface area contributed by atoms with Crippen molar-refractivity contribution in [2.24, 2.45) is 7.05 Å². The van der Waals surface area contributed by atoms with E-state index >= 15 is 0 Å². The predicted octanol–water partition coefficient (Wildman–Crippen LogP) is 3.96. The molecular formula is C18H16BrClN2O3S. The molecule has 26 heavy (non-hydrogen) atoms. The van der Waals surface area contributed by atoms with Crippen molar-refractivity contribution in [3.63, 3.8) is 0 Å². The summed E-state index contributed by atoms with van der Waals surface area (Å²) in [5.41, 5.74) is 1.01. The highest BCUT2D eigenvalue weighted by molar-refractivity contribution is 9.08. The van der Waals surface area contributed by atoms with Gasteiger partial charge in [-0.1, -0.05) is 39.7 Å². The Hall–Kier alpha value is -1.70. The summed E-state index contributed by atoms with van der Waals surface area (Å²) >= 11 is 10.9. The average Bonchev–Trinajstić information content (AvgIpc) is 3.00. The number of hydrogen-bond acceptors (Lipinski definition) is 4. The van der Waals surface area contributed by atoms with E-state index in [1.165, 1.54) is 22.8 Å². The Balaban J connectivity index is 2.32. The van der Waals surface area contributed by atoms with Gasteiger partial charge in [0.05, 0.1) is 5.39 Å². The smallest absolute Gasteiger partial charge is 0.300 e. The fourth-order valence-corrected chi connectivity index (χ4v) is 4.97. The van der Waals surface area contributed by atoms with Crippen LogP contribution in [0.4, 0.5) is 0 Å². The first kappa shape index (κ1) is 19.1. The van der Waals surface area contributed by atoms with Crippen molar-refractivity contribution in [3.05, 3.63) is 55.7 Å². The number of alkyl halides is 1. The third-order valence-electron chi connectivity index (χ3n) is 4.20. The third-order valence-corrected chi connectivity index (χ3v) is 6.37. The number of halogens is 2. The first-order chi connectivity index (χ1) is 12.3. The molecule has 0 atom stereocenters. The molecule has 0 amide bonds. The van der Waals surface area contributed by atoms with E-state index in [1.54, 1.807) is 19.2 Å². The van der Waals surface area contributed by atoms with Crippen molar-refractivity contribution in [1.29, 1.82) is 0 Å². The lowest BCUT2D eigenvalue weighted by molar-refractivity contribution is -0.117. The lowest BCUT2D eigenvalue weighted by atomic mass is 10.1. The highest BCUT2D eigenvalue weighted by Crippen LogP contribution is 2.38. The van der Waals surface area contributed by atoms with Crippen LogP contribution in [0.5, 0.6) is 0 Å². The van der Waals surface area contributed by atoms with E-state index in [-0.39, 0.29) is 24.3 Å². The molecule has 0 bridgehead atoms. The van der Waals surface area contributed by atoms with E-state index in [0.717, 1.165) is 20.6 Å². The van der Waals surface area contributed by atoms with Gasteiger partial charge in [-0.2, -0.15) is 0 Å². The quantitative estimate of drug-likeness (QED) is 0.547. The van der Waals surface area contributed by atoms with Gasteiger partial charge in [0, 0.05) is 35.2 Å². The molecule has 2 heterocycles. The van der Waals surface area contributed by atoms with E-state index < -0.39 is 5.69 Å². The van der Waals surface area contributed by atoms with Gasteiger partial charge in [0.1, 0.15) is 10.6 Å². The minimum atomic E-state index is -0.409. The zero-order chi connectivity index (χ0) is 19.0. The first-order valence-electron chi connectivity index (χ1n) is 7.91. The Kier molecular flexibility index (Phi) is 5.50. The second-order valence-electron chi connectivity index (χ2n) is 5.98. The van der Waals surface area contributed by atoms with Crippen LogP contribution in [0.1, 0.15) is 18.9 Å². The molecule has 2 aromatic heterocycles. The monoisotopic (exact) mass is 454 g/mol. The van der Waals surface area contributed by atoms with E-state index in [9.17, 15) is 14.4 Å². The number of rotatable bonds is 5. The minimum Gasteiger partial charge on any atom is -0.300 e. The Labute approximate surface area is 167 Å². The Morgan fingerprint density at radius 1 is 1.23 bits per heavy atom. The number of nitrogens with zero attached hydrogens (tertiary/aromatic N) is 2. The highest BCUT2D eigenvalue weighted by Gasteiger charge is 2.21. The number of fused-ring (bicyclic) bond motifs is 1. The van der Waals surface area contributed by atoms with Gasteiger partial charge in [-0.25, -0.2) is 4.79 Å². The summed E-state index contributed by atoms with van der Waals surface area (Å²) in [4.78, 5) is 38.4. The van der Waals surface area contributed by atoms with Crippen LogP contribution in [0.15, 0.2) is 33.9 Å². The van der Waals surface area contributed by atoms with Crippen molar-refractivity contribution in [2.45, 2.75) is 25.2 Å². The van der Waals surface area contributed by atoms with Gasteiger partial charge in [0.15, 0.2) is 0 Å². The predicted molar refractivity (Wildman–Crippen MR) is 110 cm³/mol. The molecule has 0 radical (unpaired) electrons. The number of aromatic nitrogens is 2. The number of benzene rings is 1. The van der Waals surface area contributed by atoms with E-state index in [1.807, 2.05) is 12.1 Å². The fraction of sp³-hybridized carbons (Fsp3) is 0.278. The second kappa shape index (κ2) is 7.50. The lowest BCUT2D eigenvalue weighted by Crippen LogP contribution is -2.39. The second-order valence-corrected chi connectivity index (χ2v) is 7.98. The summed E-state index contributed by atoms with van der Waals surface area (Å²) in [5.74, 6) is -0.0630. The van der Waals surface area contributed by atoms with Crippen LogP contribution in [-0.2, 0) is 23.7 Å². The van der Waals surface area contributed by atoms with Crippen molar-refractivity contribution in [1.82, 2.24) is 9.13 Å². The van der Waals surface area contributed by atoms with E-state index in [2.05, 4.69) is 15.9 Å². The Morgan fingerprint density at radius 2 is 1.88 bits per heavy atom. The summed E-state index contributed by atoms with van der Waals surface area (Å²) in [6, 6.07) is 7.38. The molecule has 3 rings (SSSR count). The van der Waals surface area contributed by atoms with Gasteiger partial charge in [0.2, 0.25) is 0 Å². The maximum Gasteiger partial charge on any atom is 0.331 e. The van der Waals surface area contributed by atoms with Crippen LogP contribution in [0.2, 0.25) is 5.02 Å². The molecule has 8 heteroatoms. The third kappa shape index (κ3) is 3.31. The minimum absolute atomic E-state index is 0.0630. The van der Waals surface area contributed by atoms with Gasteiger partial charge >= 0.3 is 5.69 Å². The van der Waals surface area contributed by atoms with Crippen molar-refractivity contribution < 1.29 is 4.79 Å². The molecule has 0 N–H and O–H groups in total. The first-order valence-corrected chi connectivity index (χ1v) is 10.2. The molecular weight excluding hydrogens is 440 g/mol. The molecule has 0 fully saturated rings. The topological polar surface area (TPSA) is 61.1 Å². The van der Waals surface area contributed by atoms with Gasteiger partial charge in [-0.3, -0.25) is 18.7 Å². The number of hydrogen-bond donors (Lipinski definition) is 0. The van der Waals surface area contributed by atoms with Crippen molar-refractivity contribution in [3.8, 4) is 10.4 Å². The summed E-state index contributed by atoms with van der Waals surface area (Å²) < 4.78 is 2.63. The maximum absolute atomic E-state index is 13.0. The van der Waals surface area contributed by atoms with Crippen molar-refractivity contribution in [2.75, 3.05) is 0 Å². The molecule has 0 saturated carbocycles. The molecule has 0 aliphatic carbocycles. The van der Waals surface area contributed by atoms with Gasteiger partial charge in [-0.05, 0) is 30.2 Å². The molecule has 5 nitrogen and oxygen atoms in total. The van der Waals surface area contributed by atoms with Crippen molar-refractivity contribution >= 4 is 54.9 Å².